The van der Waals surface area contributed by atoms with E-state index < -0.39 is 17.1 Å². The topological polar surface area (TPSA) is 119 Å². The Bertz CT molecular complexity index is 1910. The van der Waals surface area contributed by atoms with E-state index in [-0.39, 0.29) is 11.6 Å². The van der Waals surface area contributed by atoms with Gasteiger partial charge in [0.05, 0.1) is 24.7 Å². The van der Waals surface area contributed by atoms with E-state index in [0.717, 1.165) is 10.5 Å². The van der Waals surface area contributed by atoms with Crippen LogP contribution in [0.25, 0.3) is 17.3 Å². The maximum Gasteiger partial charge on any atom is 0.272 e. The maximum atomic E-state index is 13.5. The van der Waals surface area contributed by atoms with E-state index in [0.29, 0.717) is 45.7 Å². The molecule has 244 valence electrons. The SMILES string of the molecule is CCOc1ccc(/C=C(/NC(=O)c2ccccc2)C(=O)Nc2cccc(SC(C)C(=O)Nc3nc(-c4ccccc4OC)cs3)c2)cc1. The minimum Gasteiger partial charge on any atom is -0.496 e. The molecule has 5 aromatic rings. The predicted octanol–water partition coefficient (Wildman–Crippen LogP) is 7.75. The lowest BCUT2D eigenvalue weighted by molar-refractivity contribution is -0.115. The third kappa shape index (κ3) is 9.11. The van der Waals surface area contributed by atoms with Crippen LogP contribution in [-0.4, -0.2) is 41.7 Å². The van der Waals surface area contributed by atoms with E-state index in [1.54, 1.807) is 74.7 Å². The summed E-state index contributed by atoms with van der Waals surface area (Å²) in [7, 11) is 1.61. The van der Waals surface area contributed by atoms with Gasteiger partial charge in [-0.15, -0.1) is 23.1 Å². The molecule has 3 N–H and O–H groups in total. The highest BCUT2D eigenvalue weighted by molar-refractivity contribution is 8.00. The van der Waals surface area contributed by atoms with E-state index >= 15 is 0 Å². The Morgan fingerprint density at radius 2 is 1.67 bits per heavy atom. The lowest BCUT2D eigenvalue weighted by Crippen LogP contribution is -2.30. The van der Waals surface area contributed by atoms with Gasteiger partial charge in [0.15, 0.2) is 5.13 Å². The van der Waals surface area contributed by atoms with Gasteiger partial charge in [0.1, 0.15) is 17.2 Å². The number of para-hydroxylation sites is 1. The molecule has 11 heteroatoms. The van der Waals surface area contributed by atoms with Crippen molar-refractivity contribution in [1.29, 1.82) is 0 Å². The fraction of sp³-hybridized carbons (Fsp3) is 0.135. The molecule has 1 atom stereocenters. The van der Waals surface area contributed by atoms with Gasteiger partial charge in [-0.2, -0.15) is 0 Å². The number of hydrogen-bond donors (Lipinski definition) is 3. The van der Waals surface area contributed by atoms with Gasteiger partial charge in [0.2, 0.25) is 5.91 Å². The molecule has 3 amide bonds. The predicted molar refractivity (Wildman–Crippen MR) is 193 cm³/mol. The summed E-state index contributed by atoms with van der Waals surface area (Å²) in [6.07, 6.45) is 1.61. The normalized spacial score (nSPS) is 11.7. The Morgan fingerprint density at radius 1 is 0.917 bits per heavy atom. The average Bonchev–Trinajstić information content (AvgIpc) is 3.57. The number of methoxy groups -OCH3 is 1. The van der Waals surface area contributed by atoms with Crippen molar-refractivity contribution in [2.24, 2.45) is 0 Å². The molecule has 9 nitrogen and oxygen atoms in total. The summed E-state index contributed by atoms with van der Waals surface area (Å²) < 4.78 is 11.0. The van der Waals surface area contributed by atoms with Crippen molar-refractivity contribution in [3.05, 3.63) is 125 Å². The van der Waals surface area contributed by atoms with Gasteiger partial charge in [-0.25, -0.2) is 4.98 Å². The fourth-order valence-electron chi connectivity index (χ4n) is 4.56. The van der Waals surface area contributed by atoms with Gasteiger partial charge < -0.3 is 25.4 Å². The summed E-state index contributed by atoms with van der Waals surface area (Å²) in [6.45, 7) is 4.24. The summed E-state index contributed by atoms with van der Waals surface area (Å²) in [5.74, 6) is 0.280. The molecule has 0 aliphatic rings. The second kappa shape index (κ2) is 16.4. The standard InChI is InChI=1S/C37H34N4O5S2/c1-4-46-28-19-17-25(18-20-28)21-31(39-35(43)26-11-6-5-7-12-26)36(44)38-27-13-10-14-29(22-27)48-24(2)34(42)41-37-40-32(23-47-37)30-15-8-9-16-33(30)45-3/h5-24H,4H2,1-3H3,(H,38,44)(H,39,43)(H,40,41,42)/b31-21+. The zero-order chi connectivity index (χ0) is 33.9. The van der Waals surface area contributed by atoms with E-state index in [1.807, 2.05) is 60.8 Å². The number of nitrogens with one attached hydrogen (secondary N) is 3. The first-order valence-electron chi connectivity index (χ1n) is 15.1. The summed E-state index contributed by atoms with van der Waals surface area (Å²) in [5, 5.41) is 10.4. The number of nitrogens with zero attached hydrogens (tertiary/aromatic N) is 1. The molecule has 4 aromatic carbocycles. The van der Waals surface area contributed by atoms with Crippen molar-refractivity contribution in [3.8, 4) is 22.8 Å². The molecule has 0 aliphatic carbocycles. The molecule has 0 bridgehead atoms. The largest absolute Gasteiger partial charge is 0.496 e. The van der Waals surface area contributed by atoms with E-state index in [2.05, 4.69) is 20.9 Å². The molecule has 0 saturated carbocycles. The summed E-state index contributed by atoms with van der Waals surface area (Å²) >= 11 is 2.68. The number of ether oxygens (including phenoxy) is 2. The number of aromatic nitrogens is 1. The minimum absolute atomic E-state index is 0.0646. The highest BCUT2D eigenvalue weighted by Crippen LogP contribution is 2.33. The number of amides is 3. The molecule has 48 heavy (non-hydrogen) atoms. The Labute approximate surface area is 287 Å². The minimum atomic E-state index is -0.504. The van der Waals surface area contributed by atoms with Crippen LogP contribution in [0.2, 0.25) is 0 Å². The maximum absolute atomic E-state index is 13.5. The van der Waals surface area contributed by atoms with Crippen molar-refractivity contribution in [1.82, 2.24) is 10.3 Å². The van der Waals surface area contributed by atoms with Crippen molar-refractivity contribution >= 4 is 57.7 Å². The zero-order valence-corrected chi connectivity index (χ0v) is 28.2. The van der Waals surface area contributed by atoms with Crippen molar-refractivity contribution in [2.45, 2.75) is 24.0 Å². The van der Waals surface area contributed by atoms with Crippen molar-refractivity contribution < 1.29 is 23.9 Å². The highest BCUT2D eigenvalue weighted by Gasteiger charge is 2.19. The van der Waals surface area contributed by atoms with Crippen molar-refractivity contribution in [2.75, 3.05) is 24.4 Å². The Kier molecular flexibility index (Phi) is 11.6. The molecule has 0 saturated heterocycles. The number of rotatable bonds is 13. The Morgan fingerprint density at radius 3 is 2.42 bits per heavy atom. The van der Waals surface area contributed by atoms with E-state index in [1.165, 1.54) is 23.1 Å². The third-order valence-corrected chi connectivity index (χ3v) is 8.77. The lowest BCUT2D eigenvalue weighted by Gasteiger charge is -2.14. The number of hydrogen-bond acceptors (Lipinski definition) is 8. The first-order valence-corrected chi connectivity index (χ1v) is 16.9. The number of thioether (sulfide) groups is 1. The van der Waals surface area contributed by atoms with Gasteiger partial charge in [-0.1, -0.05) is 48.5 Å². The van der Waals surface area contributed by atoms with Crippen LogP contribution in [0.3, 0.4) is 0 Å². The molecule has 5 rings (SSSR count). The summed E-state index contributed by atoms with van der Waals surface area (Å²) in [5.41, 5.74) is 3.25. The number of anilines is 2. The zero-order valence-electron chi connectivity index (χ0n) is 26.6. The molecular weight excluding hydrogens is 645 g/mol. The second-order valence-corrected chi connectivity index (χ2v) is 12.6. The monoisotopic (exact) mass is 678 g/mol. The lowest BCUT2D eigenvalue weighted by atomic mass is 10.1. The molecular formula is C37H34N4O5S2. The smallest absolute Gasteiger partial charge is 0.272 e. The Hall–Kier alpha value is -5.39. The van der Waals surface area contributed by atoms with Gasteiger partial charge in [-0.05, 0) is 80.1 Å². The average molecular weight is 679 g/mol. The van der Waals surface area contributed by atoms with Gasteiger partial charge >= 0.3 is 0 Å². The van der Waals surface area contributed by atoms with Crippen LogP contribution in [-0.2, 0) is 9.59 Å². The molecule has 0 aliphatic heterocycles. The molecule has 0 spiro atoms. The van der Waals surface area contributed by atoms with Crippen LogP contribution in [0.1, 0.15) is 29.8 Å². The number of carbonyl (C=O) groups is 3. The van der Waals surface area contributed by atoms with Gasteiger partial charge in [0, 0.05) is 27.1 Å². The number of carbonyl (C=O) groups excluding carboxylic acids is 3. The van der Waals surface area contributed by atoms with Crippen molar-refractivity contribution in [3.63, 3.8) is 0 Å². The van der Waals surface area contributed by atoms with E-state index in [9.17, 15) is 14.4 Å². The van der Waals surface area contributed by atoms with Crippen LogP contribution in [0.5, 0.6) is 11.5 Å². The fourth-order valence-corrected chi connectivity index (χ4v) is 6.20. The van der Waals surface area contributed by atoms with Crippen LogP contribution in [0.15, 0.2) is 119 Å². The molecule has 0 radical (unpaired) electrons. The third-order valence-electron chi connectivity index (χ3n) is 6.92. The van der Waals surface area contributed by atoms with Crippen LogP contribution < -0.4 is 25.4 Å². The molecule has 1 aromatic heterocycles. The van der Waals surface area contributed by atoms with Crippen LogP contribution >= 0.6 is 23.1 Å². The first-order chi connectivity index (χ1) is 23.3. The quantitative estimate of drug-likeness (QED) is 0.0861. The molecule has 0 fully saturated rings. The second-order valence-electron chi connectivity index (χ2n) is 10.3. The van der Waals surface area contributed by atoms with Gasteiger partial charge in [0.25, 0.3) is 11.8 Å². The Balaban J connectivity index is 1.26. The van der Waals surface area contributed by atoms with Crippen LogP contribution in [0.4, 0.5) is 10.8 Å². The number of thiazole rings is 1. The number of benzene rings is 4. The molecule has 1 unspecified atom stereocenters. The van der Waals surface area contributed by atoms with Gasteiger partial charge in [-0.3, -0.25) is 14.4 Å². The summed E-state index contributed by atoms with van der Waals surface area (Å²) in [6, 6.07) is 30.6. The highest BCUT2D eigenvalue weighted by atomic mass is 32.2. The van der Waals surface area contributed by atoms with E-state index in [4.69, 9.17) is 9.47 Å². The summed E-state index contributed by atoms with van der Waals surface area (Å²) in [4.78, 5) is 45.0. The molecule has 1 heterocycles. The van der Waals surface area contributed by atoms with Crippen LogP contribution in [0, 0.1) is 0 Å². The first kappa shape index (κ1) is 34.0.